The molecule has 1 aliphatic rings. The molecule has 1 saturated carbocycles. The molecule has 0 radical (unpaired) electrons. The Morgan fingerprint density at radius 3 is 2.70 bits per heavy atom. The quantitative estimate of drug-likeness (QED) is 0.733. The van der Waals surface area contributed by atoms with Crippen LogP contribution in [0, 0.1) is 5.92 Å². The maximum Gasteiger partial charge on any atom is 0.224 e. The van der Waals surface area contributed by atoms with Crippen molar-refractivity contribution < 1.29 is 4.79 Å². The van der Waals surface area contributed by atoms with Crippen LogP contribution in [0.3, 0.4) is 0 Å². The van der Waals surface area contributed by atoms with Gasteiger partial charge in [-0.2, -0.15) is 0 Å². The highest BCUT2D eigenvalue weighted by atomic mass is 16.1. The van der Waals surface area contributed by atoms with Crippen LogP contribution in [0.5, 0.6) is 0 Å². The van der Waals surface area contributed by atoms with Crippen LogP contribution in [-0.2, 0) is 11.2 Å². The van der Waals surface area contributed by atoms with Crippen LogP contribution >= 0.6 is 0 Å². The van der Waals surface area contributed by atoms with Gasteiger partial charge in [-0.05, 0) is 43.9 Å². The van der Waals surface area contributed by atoms with E-state index in [1.807, 2.05) is 31.2 Å². The van der Waals surface area contributed by atoms with Gasteiger partial charge in [-0.15, -0.1) is 0 Å². The van der Waals surface area contributed by atoms with E-state index in [0.717, 1.165) is 37.8 Å². The molecule has 2 rings (SSSR count). The Labute approximate surface area is 120 Å². The molecule has 5 N–H and O–H groups in total. The Bertz CT molecular complexity index is 453. The first-order valence-corrected chi connectivity index (χ1v) is 7.40. The number of nitrogens with two attached hydrogens (primary N) is 2. The number of amides is 1. The van der Waals surface area contributed by atoms with Crippen LogP contribution in [0.25, 0.3) is 0 Å². The molecule has 0 spiro atoms. The van der Waals surface area contributed by atoms with E-state index >= 15 is 0 Å². The molecule has 4 heteroatoms. The van der Waals surface area contributed by atoms with E-state index in [1.165, 1.54) is 5.56 Å². The highest BCUT2D eigenvalue weighted by Gasteiger charge is 2.37. The van der Waals surface area contributed by atoms with Gasteiger partial charge in [0.2, 0.25) is 5.91 Å². The van der Waals surface area contributed by atoms with Crippen LogP contribution in [0.15, 0.2) is 24.3 Å². The van der Waals surface area contributed by atoms with E-state index in [1.54, 1.807) is 0 Å². The lowest BCUT2D eigenvalue weighted by molar-refractivity contribution is -0.128. The Morgan fingerprint density at radius 1 is 1.35 bits per heavy atom. The minimum atomic E-state index is -0.358. The highest BCUT2D eigenvalue weighted by Crippen LogP contribution is 2.31. The van der Waals surface area contributed by atoms with Crippen LogP contribution in [0.4, 0.5) is 5.69 Å². The molecule has 2 unspecified atom stereocenters. The average molecular weight is 275 g/mol. The molecule has 1 amide bonds. The first kappa shape index (κ1) is 14.9. The van der Waals surface area contributed by atoms with Crippen LogP contribution in [-0.4, -0.2) is 18.0 Å². The van der Waals surface area contributed by atoms with E-state index < -0.39 is 0 Å². The number of benzene rings is 1. The smallest absolute Gasteiger partial charge is 0.224 e. The van der Waals surface area contributed by atoms with E-state index in [0.29, 0.717) is 6.54 Å². The monoisotopic (exact) mass is 275 g/mol. The molecular weight excluding hydrogens is 250 g/mol. The number of hydrogen-bond donors (Lipinski definition) is 3. The topological polar surface area (TPSA) is 81.1 Å². The number of nitrogens with one attached hydrogen (secondary N) is 1. The minimum absolute atomic E-state index is 0.0531. The standard InChI is InChI=1S/C16H25N3O/c1-16(18)10-3-2-4-14(16)15(20)19-11-9-12-5-7-13(17)8-6-12/h5-8,14H,2-4,9-11,17-18H2,1H3,(H,19,20). The molecule has 0 heterocycles. The fraction of sp³-hybridized carbons (Fsp3) is 0.562. The number of carbonyl (C=O) groups is 1. The average Bonchev–Trinajstić information content (AvgIpc) is 2.40. The molecule has 4 nitrogen and oxygen atoms in total. The lowest BCUT2D eigenvalue weighted by Crippen LogP contribution is -2.53. The zero-order valence-corrected chi connectivity index (χ0v) is 12.2. The van der Waals surface area contributed by atoms with Crippen molar-refractivity contribution in [1.29, 1.82) is 0 Å². The molecule has 2 atom stereocenters. The van der Waals surface area contributed by atoms with Gasteiger partial charge in [0.25, 0.3) is 0 Å². The number of nitrogen functional groups attached to an aromatic ring is 1. The zero-order chi connectivity index (χ0) is 14.6. The molecule has 1 fully saturated rings. The second-order valence-electron chi connectivity index (χ2n) is 6.09. The van der Waals surface area contributed by atoms with Crippen molar-refractivity contribution in [2.75, 3.05) is 12.3 Å². The Hall–Kier alpha value is -1.55. The highest BCUT2D eigenvalue weighted by molar-refractivity contribution is 5.80. The Balaban J connectivity index is 1.81. The summed E-state index contributed by atoms with van der Waals surface area (Å²) in [7, 11) is 0. The van der Waals surface area contributed by atoms with E-state index in [9.17, 15) is 4.79 Å². The summed E-state index contributed by atoms with van der Waals surface area (Å²) in [6.45, 7) is 2.64. The summed E-state index contributed by atoms with van der Waals surface area (Å²) in [5.74, 6) is 0.0489. The second kappa shape index (κ2) is 6.27. The third kappa shape index (κ3) is 3.73. The summed E-state index contributed by atoms with van der Waals surface area (Å²) in [4.78, 5) is 12.2. The van der Waals surface area contributed by atoms with Crippen molar-refractivity contribution in [3.8, 4) is 0 Å². The van der Waals surface area contributed by atoms with Crippen molar-refractivity contribution in [2.24, 2.45) is 11.7 Å². The summed E-state index contributed by atoms with van der Waals surface area (Å²) >= 11 is 0. The molecule has 1 aliphatic carbocycles. The van der Waals surface area contributed by atoms with Gasteiger partial charge in [0.15, 0.2) is 0 Å². The molecule has 110 valence electrons. The van der Waals surface area contributed by atoms with E-state index in [-0.39, 0.29) is 17.4 Å². The first-order chi connectivity index (χ1) is 9.49. The Kier molecular flexibility index (Phi) is 4.65. The van der Waals surface area contributed by atoms with Gasteiger partial charge in [0, 0.05) is 17.8 Å². The van der Waals surface area contributed by atoms with Crippen LogP contribution in [0.1, 0.15) is 38.2 Å². The van der Waals surface area contributed by atoms with Gasteiger partial charge >= 0.3 is 0 Å². The van der Waals surface area contributed by atoms with Gasteiger partial charge in [-0.1, -0.05) is 25.0 Å². The number of hydrogen-bond acceptors (Lipinski definition) is 3. The second-order valence-corrected chi connectivity index (χ2v) is 6.09. The summed E-state index contributed by atoms with van der Waals surface area (Å²) in [6, 6.07) is 7.76. The fourth-order valence-electron chi connectivity index (χ4n) is 2.93. The summed E-state index contributed by atoms with van der Waals surface area (Å²) in [5.41, 5.74) is 13.5. The van der Waals surface area contributed by atoms with E-state index in [2.05, 4.69) is 5.32 Å². The lowest BCUT2D eigenvalue weighted by atomic mass is 9.74. The third-order valence-electron chi connectivity index (χ3n) is 4.26. The number of carbonyl (C=O) groups excluding carboxylic acids is 1. The van der Waals surface area contributed by atoms with Gasteiger partial charge in [0.1, 0.15) is 0 Å². The normalized spacial score (nSPS) is 26.2. The third-order valence-corrected chi connectivity index (χ3v) is 4.26. The minimum Gasteiger partial charge on any atom is -0.399 e. The number of anilines is 1. The molecule has 1 aromatic carbocycles. The maximum atomic E-state index is 12.2. The van der Waals surface area contributed by atoms with Crippen LogP contribution in [0.2, 0.25) is 0 Å². The Morgan fingerprint density at radius 2 is 2.05 bits per heavy atom. The van der Waals surface area contributed by atoms with Crippen molar-refractivity contribution in [3.05, 3.63) is 29.8 Å². The number of rotatable bonds is 4. The molecule has 0 bridgehead atoms. The molecular formula is C16H25N3O. The summed E-state index contributed by atoms with van der Waals surface area (Å²) in [5, 5.41) is 3.02. The van der Waals surface area contributed by atoms with E-state index in [4.69, 9.17) is 11.5 Å². The van der Waals surface area contributed by atoms with Gasteiger partial charge in [0.05, 0.1) is 5.92 Å². The predicted molar refractivity (Wildman–Crippen MR) is 82.1 cm³/mol. The van der Waals surface area contributed by atoms with Gasteiger partial charge in [-0.25, -0.2) is 0 Å². The lowest BCUT2D eigenvalue weighted by Gasteiger charge is -2.37. The SMILES string of the molecule is CC1(N)CCCCC1C(=O)NCCc1ccc(N)cc1. The maximum absolute atomic E-state index is 12.2. The van der Waals surface area contributed by atoms with Crippen LogP contribution < -0.4 is 16.8 Å². The molecule has 1 aromatic rings. The molecule has 0 aromatic heterocycles. The zero-order valence-electron chi connectivity index (χ0n) is 12.2. The predicted octanol–water partition coefficient (Wildman–Crippen LogP) is 1.84. The molecule has 0 aliphatic heterocycles. The molecule has 0 saturated heterocycles. The van der Waals surface area contributed by atoms with Gasteiger partial charge < -0.3 is 16.8 Å². The summed E-state index contributed by atoms with van der Waals surface area (Å²) in [6.07, 6.45) is 4.88. The first-order valence-electron chi connectivity index (χ1n) is 7.40. The van der Waals surface area contributed by atoms with Crippen molar-refractivity contribution in [2.45, 2.75) is 44.6 Å². The summed E-state index contributed by atoms with van der Waals surface area (Å²) < 4.78 is 0. The van der Waals surface area contributed by atoms with Gasteiger partial charge in [-0.3, -0.25) is 4.79 Å². The largest absolute Gasteiger partial charge is 0.399 e. The molecule has 20 heavy (non-hydrogen) atoms. The van der Waals surface area contributed by atoms with Crippen molar-refractivity contribution in [3.63, 3.8) is 0 Å². The van der Waals surface area contributed by atoms with Crippen molar-refractivity contribution >= 4 is 11.6 Å². The van der Waals surface area contributed by atoms with Crippen molar-refractivity contribution in [1.82, 2.24) is 5.32 Å². The fourth-order valence-corrected chi connectivity index (χ4v) is 2.93.